The minimum Gasteiger partial charge on any atom is -0.494 e. The molecular weight excluding hydrogens is 298 g/mol. The third-order valence-electron chi connectivity index (χ3n) is 3.45. The van der Waals surface area contributed by atoms with Gasteiger partial charge in [-0.2, -0.15) is 0 Å². The highest BCUT2D eigenvalue weighted by Gasteiger charge is 2.12. The number of oxazole rings is 1. The summed E-state index contributed by atoms with van der Waals surface area (Å²) in [6.45, 7) is 0.904. The van der Waals surface area contributed by atoms with Crippen LogP contribution in [0.1, 0.15) is 16.8 Å². The van der Waals surface area contributed by atoms with E-state index in [9.17, 15) is 9.59 Å². The van der Waals surface area contributed by atoms with Gasteiger partial charge in [-0.15, -0.1) is 0 Å². The number of aromatic carboxylic acids is 1. The van der Waals surface area contributed by atoms with Crippen LogP contribution in [0.15, 0.2) is 57.7 Å². The first-order valence-electron chi connectivity index (χ1n) is 7.20. The van der Waals surface area contributed by atoms with Crippen molar-refractivity contribution in [2.75, 3.05) is 6.61 Å². The molecule has 1 aromatic heterocycles. The minimum absolute atomic E-state index is 0.0887. The number of ether oxygens (including phenoxy) is 1. The van der Waals surface area contributed by atoms with E-state index >= 15 is 0 Å². The maximum absolute atomic E-state index is 11.9. The van der Waals surface area contributed by atoms with Gasteiger partial charge in [0.2, 0.25) is 0 Å². The van der Waals surface area contributed by atoms with Gasteiger partial charge in [-0.05, 0) is 36.8 Å². The van der Waals surface area contributed by atoms with Crippen LogP contribution in [0, 0.1) is 0 Å². The number of aryl methyl sites for hydroxylation is 1. The van der Waals surface area contributed by atoms with Crippen LogP contribution in [0.5, 0.6) is 5.75 Å². The van der Waals surface area contributed by atoms with Gasteiger partial charge in [0.25, 0.3) is 0 Å². The van der Waals surface area contributed by atoms with Crippen LogP contribution in [-0.4, -0.2) is 22.2 Å². The Bertz CT molecular complexity index is 879. The van der Waals surface area contributed by atoms with E-state index in [2.05, 4.69) is 0 Å². The van der Waals surface area contributed by atoms with Gasteiger partial charge in [0, 0.05) is 6.54 Å². The van der Waals surface area contributed by atoms with Gasteiger partial charge in [0.1, 0.15) is 5.75 Å². The monoisotopic (exact) mass is 313 g/mol. The number of carboxylic acids is 1. The first-order chi connectivity index (χ1) is 11.1. The molecule has 0 aliphatic carbocycles. The van der Waals surface area contributed by atoms with E-state index in [1.807, 2.05) is 30.3 Å². The number of carbonyl (C=O) groups is 1. The second-order valence-corrected chi connectivity index (χ2v) is 5.02. The number of fused-ring (bicyclic) bond motifs is 1. The van der Waals surface area contributed by atoms with Crippen molar-refractivity contribution in [2.45, 2.75) is 13.0 Å². The Morgan fingerprint density at radius 1 is 1.17 bits per heavy atom. The van der Waals surface area contributed by atoms with Crippen molar-refractivity contribution < 1.29 is 19.1 Å². The minimum atomic E-state index is -1.06. The predicted molar refractivity (Wildman–Crippen MR) is 84.0 cm³/mol. The zero-order valence-electron chi connectivity index (χ0n) is 12.3. The van der Waals surface area contributed by atoms with Crippen LogP contribution in [0.2, 0.25) is 0 Å². The molecule has 0 atom stereocenters. The Balaban J connectivity index is 1.69. The molecule has 3 aromatic rings. The summed E-state index contributed by atoms with van der Waals surface area (Å²) in [5.41, 5.74) is 0.949. The molecule has 0 aliphatic rings. The summed E-state index contributed by atoms with van der Waals surface area (Å²) in [7, 11) is 0. The molecule has 0 saturated heterocycles. The van der Waals surface area contributed by atoms with Crippen molar-refractivity contribution >= 4 is 17.1 Å². The number of rotatable bonds is 6. The topological polar surface area (TPSA) is 81.7 Å². The van der Waals surface area contributed by atoms with Crippen LogP contribution in [0.25, 0.3) is 11.1 Å². The van der Waals surface area contributed by atoms with Crippen LogP contribution < -0.4 is 10.5 Å². The molecule has 23 heavy (non-hydrogen) atoms. The van der Waals surface area contributed by atoms with E-state index in [4.69, 9.17) is 14.3 Å². The Morgan fingerprint density at radius 2 is 1.96 bits per heavy atom. The van der Waals surface area contributed by atoms with Gasteiger partial charge in [-0.25, -0.2) is 9.59 Å². The summed E-state index contributed by atoms with van der Waals surface area (Å²) in [6, 6.07) is 13.8. The molecule has 3 rings (SSSR count). The molecule has 0 aliphatic heterocycles. The third-order valence-corrected chi connectivity index (χ3v) is 3.45. The molecule has 1 heterocycles. The molecule has 118 valence electrons. The number of nitrogens with zero attached hydrogens (tertiary/aromatic N) is 1. The maximum Gasteiger partial charge on any atom is 0.419 e. The summed E-state index contributed by atoms with van der Waals surface area (Å²) >= 11 is 0. The second-order valence-electron chi connectivity index (χ2n) is 5.02. The van der Waals surface area contributed by atoms with Crippen molar-refractivity contribution in [1.82, 2.24) is 4.57 Å². The second kappa shape index (κ2) is 6.39. The molecule has 6 nitrogen and oxygen atoms in total. The largest absolute Gasteiger partial charge is 0.494 e. The summed E-state index contributed by atoms with van der Waals surface area (Å²) in [6.07, 6.45) is 0.629. The van der Waals surface area contributed by atoms with Gasteiger partial charge >= 0.3 is 11.7 Å². The average Bonchev–Trinajstić information content (AvgIpc) is 2.87. The van der Waals surface area contributed by atoms with Crippen molar-refractivity contribution in [2.24, 2.45) is 0 Å². The quantitative estimate of drug-likeness (QED) is 0.708. The lowest BCUT2D eigenvalue weighted by molar-refractivity contribution is 0.0697. The van der Waals surface area contributed by atoms with Gasteiger partial charge < -0.3 is 14.3 Å². The van der Waals surface area contributed by atoms with Crippen LogP contribution in [0.3, 0.4) is 0 Å². The molecule has 0 radical (unpaired) electrons. The van der Waals surface area contributed by atoms with E-state index in [0.29, 0.717) is 25.1 Å². The number of carboxylic acid groups (broad SMARTS) is 1. The van der Waals surface area contributed by atoms with Gasteiger partial charge in [0.05, 0.1) is 17.7 Å². The molecule has 0 bridgehead atoms. The van der Waals surface area contributed by atoms with Gasteiger partial charge in [0.15, 0.2) is 5.58 Å². The Kier molecular flexibility index (Phi) is 4.14. The molecule has 0 unspecified atom stereocenters. The Hall–Kier alpha value is -3.02. The number of hydrogen-bond acceptors (Lipinski definition) is 4. The van der Waals surface area contributed by atoms with Gasteiger partial charge in [-0.3, -0.25) is 4.57 Å². The smallest absolute Gasteiger partial charge is 0.419 e. The molecule has 2 aromatic carbocycles. The third kappa shape index (κ3) is 3.26. The molecule has 0 spiro atoms. The average molecular weight is 313 g/mol. The van der Waals surface area contributed by atoms with Crippen molar-refractivity contribution in [1.29, 1.82) is 0 Å². The summed E-state index contributed by atoms with van der Waals surface area (Å²) < 4.78 is 12.2. The highest BCUT2D eigenvalue weighted by Crippen LogP contribution is 2.16. The molecule has 6 heteroatoms. The van der Waals surface area contributed by atoms with E-state index in [1.165, 1.54) is 16.7 Å². The van der Waals surface area contributed by atoms with Crippen LogP contribution >= 0.6 is 0 Å². The standard InChI is InChI=1S/C17H15NO5/c19-16(20)12-7-8-14-15(11-12)23-17(21)18(14)9-4-10-22-13-5-2-1-3-6-13/h1-3,5-8,11H,4,9-10H2,(H,19,20). The first kappa shape index (κ1) is 14.9. The number of hydrogen-bond donors (Lipinski definition) is 1. The predicted octanol–water partition coefficient (Wildman–Crippen LogP) is 2.76. The van der Waals surface area contributed by atoms with Crippen molar-refractivity contribution in [3.8, 4) is 5.75 Å². The number of aromatic nitrogens is 1. The van der Waals surface area contributed by atoms with Crippen LogP contribution in [0.4, 0.5) is 0 Å². The molecular formula is C17H15NO5. The highest BCUT2D eigenvalue weighted by atomic mass is 16.5. The van der Waals surface area contributed by atoms with E-state index in [0.717, 1.165) is 5.75 Å². The zero-order valence-corrected chi connectivity index (χ0v) is 12.3. The zero-order chi connectivity index (χ0) is 16.2. The Morgan fingerprint density at radius 3 is 2.70 bits per heavy atom. The Labute approximate surface area is 131 Å². The lowest BCUT2D eigenvalue weighted by Crippen LogP contribution is -2.15. The number of benzene rings is 2. The van der Waals surface area contributed by atoms with Crippen molar-refractivity contribution in [3.05, 3.63) is 64.6 Å². The van der Waals surface area contributed by atoms with E-state index < -0.39 is 11.7 Å². The first-order valence-corrected chi connectivity index (χ1v) is 7.20. The lowest BCUT2D eigenvalue weighted by Gasteiger charge is -2.06. The van der Waals surface area contributed by atoms with Crippen molar-refractivity contribution in [3.63, 3.8) is 0 Å². The van der Waals surface area contributed by atoms with Crippen LogP contribution in [-0.2, 0) is 6.54 Å². The van der Waals surface area contributed by atoms with E-state index in [1.54, 1.807) is 6.07 Å². The highest BCUT2D eigenvalue weighted by molar-refractivity contribution is 5.91. The molecule has 0 amide bonds. The SMILES string of the molecule is O=C(O)c1ccc2c(c1)oc(=O)n2CCCOc1ccccc1. The normalized spacial score (nSPS) is 10.8. The lowest BCUT2D eigenvalue weighted by atomic mass is 10.2. The fourth-order valence-electron chi connectivity index (χ4n) is 2.34. The number of para-hydroxylation sites is 1. The fourth-order valence-corrected chi connectivity index (χ4v) is 2.34. The fraction of sp³-hybridized carbons (Fsp3) is 0.176. The summed E-state index contributed by atoms with van der Waals surface area (Å²) in [5, 5.41) is 8.96. The molecule has 0 saturated carbocycles. The maximum atomic E-state index is 11.9. The van der Waals surface area contributed by atoms with E-state index in [-0.39, 0.29) is 11.1 Å². The summed E-state index contributed by atoms with van der Waals surface area (Å²) in [5.74, 6) is -0.774. The summed E-state index contributed by atoms with van der Waals surface area (Å²) in [4.78, 5) is 22.8. The van der Waals surface area contributed by atoms with Gasteiger partial charge in [-0.1, -0.05) is 18.2 Å². The molecule has 1 N–H and O–H groups in total. The molecule has 0 fully saturated rings.